The maximum Gasteiger partial charge on any atom is 0.243 e. The molecule has 0 radical (unpaired) electrons. The third kappa shape index (κ3) is 3.17. The van der Waals surface area contributed by atoms with Crippen LogP contribution in [0.15, 0.2) is 66.1 Å². The third-order valence-corrected chi connectivity index (χ3v) is 6.68. The molecular weight excluding hydrogens is 318 g/mol. The van der Waals surface area contributed by atoms with Crippen LogP contribution in [0.1, 0.15) is 18.1 Å². The zero-order valence-electron chi connectivity index (χ0n) is 14.1. The summed E-state index contributed by atoms with van der Waals surface area (Å²) in [5, 5.41) is 0. The average molecular weight is 341 g/mol. The molecular formula is C20H23NO2S. The van der Waals surface area contributed by atoms with Gasteiger partial charge in [-0.05, 0) is 36.1 Å². The van der Waals surface area contributed by atoms with E-state index in [0.717, 1.165) is 16.7 Å². The van der Waals surface area contributed by atoms with E-state index in [0.29, 0.717) is 18.0 Å². The van der Waals surface area contributed by atoms with Gasteiger partial charge in [0.15, 0.2) is 0 Å². The molecule has 1 fully saturated rings. The van der Waals surface area contributed by atoms with Crippen molar-refractivity contribution >= 4 is 15.6 Å². The van der Waals surface area contributed by atoms with Gasteiger partial charge in [-0.2, -0.15) is 4.31 Å². The van der Waals surface area contributed by atoms with Crippen molar-refractivity contribution in [3.8, 4) is 0 Å². The van der Waals surface area contributed by atoms with Crippen LogP contribution in [0, 0.1) is 18.8 Å². The lowest BCUT2D eigenvalue weighted by atomic mass is 9.87. The lowest BCUT2D eigenvalue weighted by Gasteiger charge is -2.18. The zero-order valence-corrected chi connectivity index (χ0v) is 15.0. The molecule has 0 amide bonds. The first-order valence-corrected chi connectivity index (χ1v) is 9.64. The molecule has 0 N–H and O–H groups in total. The predicted molar refractivity (Wildman–Crippen MR) is 98.1 cm³/mol. The molecule has 0 spiro atoms. The van der Waals surface area contributed by atoms with Crippen LogP contribution < -0.4 is 0 Å². The topological polar surface area (TPSA) is 37.4 Å². The van der Waals surface area contributed by atoms with Crippen molar-refractivity contribution in [3.05, 3.63) is 72.3 Å². The molecule has 0 aromatic heterocycles. The molecule has 0 bridgehead atoms. The van der Waals surface area contributed by atoms with Gasteiger partial charge in [-0.1, -0.05) is 61.5 Å². The van der Waals surface area contributed by atoms with Crippen molar-refractivity contribution < 1.29 is 8.42 Å². The van der Waals surface area contributed by atoms with E-state index in [-0.39, 0.29) is 11.8 Å². The summed E-state index contributed by atoms with van der Waals surface area (Å²) in [5.74, 6) is 0.394. The molecule has 0 saturated carbocycles. The minimum Gasteiger partial charge on any atom is -0.207 e. The molecule has 4 heteroatoms. The smallest absolute Gasteiger partial charge is 0.207 e. The molecule has 3 rings (SSSR count). The van der Waals surface area contributed by atoms with E-state index in [1.54, 1.807) is 16.4 Å². The van der Waals surface area contributed by atoms with Gasteiger partial charge < -0.3 is 0 Å². The Kier molecular flexibility index (Phi) is 4.61. The van der Waals surface area contributed by atoms with Gasteiger partial charge in [-0.3, -0.25) is 0 Å². The number of hydrogen-bond acceptors (Lipinski definition) is 2. The molecule has 1 aliphatic heterocycles. The number of nitrogens with zero attached hydrogens (tertiary/aromatic N) is 1. The SMILES string of the molecule is C=C(c1ccccc1)[C@H]1CN(S(=O)(=O)c2ccc(C)cc2)C[C@H]1C. The van der Waals surface area contributed by atoms with Crippen molar-refractivity contribution in [3.63, 3.8) is 0 Å². The maximum absolute atomic E-state index is 12.9. The van der Waals surface area contributed by atoms with Gasteiger partial charge in [0.25, 0.3) is 0 Å². The Bertz CT molecular complexity index is 826. The molecule has 0 unspecified atom stereocenters. The van der Waals surface area contributed by atoms with Gasteiger partial charge in [0.05, 0.1) is 4.90 Å². The van der Waals surface area contributed by atoms with E-state index in [1.807, 2.05) is 49.4 Å². The van der Waals surface area contributed by atoms with Crippen molar-refractivity contribution in [2.75, 3.05) is 13.1 Å². The highest BCUT2D eigenvalue weighted by molar-refractivity contribution is 7.89. The van der Waals surface area contributed by atoms with Gasteiger partial charge >= 0.3 is 0 Å². The largest absolute Gasteiger partial charge is 0.243 e. The van der Waals surface area contributed by atoms with Crippen LogP contribution >= 0.6 is 0 Å². The van der Waals surface area contributed by atoms with Crippen molar-refractivity contribution in [2.24, 2.45) is 11.8 Å². The summed E-state index contributed by atoms with van der Waals surface area (Å²) < 4.78 is 27.4. The standard InChI is InChI=1S/C20H23NO2S/c1-15-9-11-19(12-10-15)24(22,23)21-13-16(2)20(14-21)17(3)18-7-5-4-6-8-18/h4-12,16,20H,3,13-14H2,1-2H3/t16-,20+/m1/s1. The van der Waals surface area contributed by atoms with Gasteiger partial charge in [-0.25, -0.2) is 8.42 Å². The monoisotopic (exact) mass is 341 g/mol. The number of benzene rings is 2. The summed E-state index contributed by atoms with van der Waals surface area (Å²) in [6.07, 6.45) is 0. The van der Waals surface area contributed by atoms with E-state index < -0.39 is 10.0 Å². The first-order valence-electron chi connectivity index (χ1n) is 8.20. The number of rotatable bonds is 4. The molecule has 0 aliphatic carbocycles. The molecule has 1 aliphatic rings. The summed E-state index contributed by atoms with van der Waals surface area (Å²) in [6.45, 7) is 9.32. The molecule has 24 heavy (non-hydrogen) atoms. The zero-order chi connectivity index (χ0) is 17.3. The quantitative estimate of drug-likeness (QED) is 0.844. The van der Waals surface area contributed by atoms with E-state index in [2.05, 4.69) is 13.5 Å². The summed E-state index contributed by atoms with van der Waals surface area (Å²) in [4.78, 5) is 0.367. The molecule has 2 aromatic rings. The maximum atomic E-state index is 12.9. The van der Waals surface area contributed by atoms with Crippen molar-refractivity contribution in [2.45, 2.75) is 18.7 Å². The molecule has 2 atom stereocenters. The molecule has 3 nitrogen and oxygen atoms in total. The Morgan fingerprint density at radius 3 is 2.29 bits per heavy atom. The van der Waals surface area contributed by atoms with Gasteiger partial charge in [0, 0.05) is 19.0 Å². The predicted octanol–water partition coefficient (Wildman–Crippen LogP) is 3.97. The Morgan fingerprint density at radius 2 is 1.67 bits per heavy atom. The minimum absolute atomic E-state index is 0.146. The van der Waals surface area contributed by atoms with Crippen LogP contribution in [-0.4, -0.2) is 25.8 Å². The second-order valence-corrected chi connectivity index (χ2v) is 8.55. The second-order valence-electron chi connectivity index (χ2n) is 6.61. The molecule has 2 aromatic carbocycles. The summed E-state index contributed by atoms with van der Waals surface area (Å²) >= 11 is 0. The fraction of sp³-hybridized carbons (Fsp3) is 0.300. The van der Waals surface area contributed by atoms with E-state index in [9.17, 15) is 8.42 Å². The molecule has 126 valence electrons. The van der Waals surface area contributed by atoms with Crippen LogP contribution in [0.5, 0.6) is 0 Å². The van der Waals surface area contributed by atoms with E-state index in [1.165, 1.54) is 0 Å². The van der Waals surface area contributed by atoms with E-state index >= 15 is 0 Å². The fourth-order valence-corrected chi connectivity index (χ4v) is 4.86. The van der Waals surface area contributed by atoms with Crippen LogP contribution in [0.4, 0.5) is 0 Å². The summed E-state index contributed by atoms with van der Waals surface area (Å²) in [6, 6.07) is 17.1. The summed E-state index contributed by atoms with van der Waals surface area (Å²) in [7, 11) is -3.44. The lowest BCUT2D eigenvalue weighted by Crippen LogP contribution is -2.29. The fourth-order valence-electron chi connectivity index (χ4n) is 3.30. The highest BCUT2D eigenvalue weighted by atomic mass is 32.2. The van der Waals surface area contributed by atoms with Crippen molar-refractivity contribution in [1.29, 1.82) is 0 Å². The summed E-state index contributed by atoms with van der Waals surface area (Å²) in [5.41, 5.74) is 3.16. The van der Waals surface area contributed by atoms with Gasteiger partial charge in [-0.15, -0.1) is 0 Å². The molecule has 1 saturated heterocycles. The second kappa shape index (κ2) is 6.54. The number of hydrogen-bond donors (Lipinski definition) is 0. The normalized spacial score (nSPS) is 21.8. The van der Waals surface area contributed by atoms with Gasteiger partial charge in [0.2, 0.25) is 10.0 Å². The number of sulfonamides is 1. The highest BCUT2D eigenvalue weighted by Gasteiger charge is 2.38. The Balaban J connectivity index is 1.83. The minimum atomic E-state index is -3.44. The van der Waals surface area contributed by atoms with Crippen LogP contribution in [0.2, 0.25) is 0 Å². The lowest BCUT2D eigenvalue weighted by molar-refractivity contribution is 0.464. The molecule has 1 heterocycles. The third-order valence-electron chi connectivity index (χ3n) is 4.83. The van der Waals surface area contributed by atoms with Crippen LogP contribution in [0.25, 0.3) is 5.57 Å². The number of aryl methyl sites for hydroxylation is 1. The highest BCUT2D eigenvalue weighted by Crippen LogP contribution is 2.36. The Hall–Kier alpha value is -1.91. The first kappa shape index (κ1) is 16.9. The van der Waals surface area contributed by atoms with Crippen LogP contribution in [-0.2, 0) is 10.0 Å². The Labute approximate surface area is 144 Å². The van der Waals surface area contributed by atoms with Crippen molar-refractivity contribution in [1.82, 2.24) is 4.31 Å². The Morgan fingerprint density at radius 1 is 1.04 bits per heavy atom. The van der Waals surface area contributed by atoms with Crippen LogP contribution in [0.3, 0.4) is 0 Å². The first-order chi connectivity index (χ1) is 11.4. The average Bonchev–Trinajstić information content (AvgIpc) is 2.98. The van der Waals surface area contributed by atoms with Gasteiger partial charge in [0.1, 0.15) is 0 Å². The van der Waals surface area contributed by atoms with E-state index in [4.69, 9.17) is 0 Å².